The van der Waals surface area contributed by atoms with Crippen molar-refractivity contribution in [2.45, 2.75) is 0 Å². The zero-order valence-electron chi connectivity index (χ0n) is 10.3. The molecule has 0 aliphatic carbocycles. The molecule has 0 atom stereocenters. The number of carboxylic acids is 1. The van der Waals surface area contributed by atoms with Crippen LogP contribution in [0.25, 0.3) is 11.1 Å². The van der Waals surface area contributed by atoms with Gasteiger partial charge in [0, 0.05) is 5.56 Å². The van der Waals surface area contributed by atoms with Gasteiger partial charge < -0.3 is 24.8 Å². The van der Waals surface area contributed by atoms with E-state index in [4.69, 9.17) is 24.8 Å². The van der Waals surface area contributed by atoms with Crippen LogP contribution in [0.2, 0.25) is 0 Å². The SMILES string of the molecule is COc1cc(C(=O)O)cc(-c2cnoc2N)c1OC. The first-order valence-corrected chi connectivity index (χ1v) is 5.28. The molecule has 0 aliphatic heterocycles. The minimum absolute atomic E-state index is 0.0493. The summed E-state index contributed by atoms with van der Waals surface area (Å²) in [5, 5.41) is 12.7. The Kier molecular flexibility index (Phi) is 3.28. The molecule has 0 spiro atoms. The lowest BCUT2D eigenvalue weighted by Gasteiger charge is -2.13. The maximum absolute atomic E-state index is 11.1. The van der Waals surface area contributed by atoms with E-state index in [1.54, 1.807) is 0 Å². The highest BCUT2D eigenvalue weighted by Crippen LogP contribution is 2.41. The van der Waals surface area contributed by atoms with Crippen molar-refractivity contribution in [3.8, 4) is 22.6 Å². The summed E-state index contributed by atoms with van der Waals surface area (Å²) in [6, 6.07) is 2.79. The fourth-order valence-corrected chi connectivity index (χ4v) is 1.74. The Balaban J connectivity index is 2.73. The molecule has 0 fully saturated rings. The predicted molar refractivity (Wildman–Crippen MR) is 66.4 cm³/mol. The fraction of sp³-hybridized carbons (Fsp3) is 0.167. The maximum atomic E-state index is 11.1. The van der Waals surface area contributed by atoms with Gasteiger partial charge in [-0.3, -0.25) is 0 Å². The van der Waals surface area contributed by atoms with Crippen LogP contribution in [0, 0.1) is 0 Å². The molecular weight excluding hydrogens is 252 g/mol. The smallest absolute Gasteiger partial charge is 0.335 e. The van der Waals surface area contributed by atoms with Crippen LogP contribution in [0.1, 0.15) is 10.4 Å². The van der Waals surface area contributed by atoms with Crippen molar-refractivity contribution in [3.05, 3.63) is 23.9 Å². The number of carboxylic acid groups (broad SMARTS) is 1. The maximum Gasteiger partial charge on any atom is 0.335 e. The molecule has 7 nitrogen and oxygen atoms in total. The highest BCUT2D eigenvalue weighted by Gasteiger charge is 2.20. The fourth-order valence-electron chi connectivity index (χ4n) is 1.74. The Bertz CT molecular complexity index is 621. The van der Waals surface area contributed by atoms with E-state index in [-0.39, 0.29) is 17.2 Å². The topological polar surface area (TPSA) is 108 Å². The van der Waals surface area contributed by atoms with Crippen LogP contribution in [0.3, 0.4) is 0 Å². The van der Waals surface area contributed by atoms with Gasteiger partial charge in [-0.25, -0.2) is 4.79 Å². The number of carbonyl (C=O) groups is 1. The summed E-state index contributed by atoms with van der Waals surface area (Å²) in [6.07, 6.45) is 1.39. The van der Waals surface area contributed by atoms with Gasteiger partial charge >= 0.3 is 5.97 Å². The molecule has 0 unspecified atom stereocenters. The number of aromatic carboxylic acids is 1. The number of nitrogens with two attached hydrogens (primary N) is 1. The third-order valence-corrected chi connectivity index (χ3v) is 2.61. The van der Waals surface area contributed by atoms with Gasteiger partial charge in [0.15, 0.2) is 11.5 Å². The highest BCUT2D eigenvalue weighted by molar-refractivity contribution is 5.92. The van der Waals surface area contributed by atoms with Gasteiger partial charge in [-0.05, 0) is 12.1 Å². The van der Waals surface area contributed by atoms with Crippen LogP contribution in [-0.2, 0) is 0 Å². The number of rotatable bonds is 4. The molecule has 0 saturated heterocycles. The third kappa shape index (κ3) is 2.17. The van der Waals surface area contributed by atoms with Gasteiger partial charge in [0.1, 0.15) is 0 Å². The van der Waals surface area contributed by atoms with Crippen molar-refractivity contribution < 1.29 is 23.9 Å². The van der Waals surface area contributed by atoms with Crippen molar-refractivity contribution in [1.29, 1.82) is 0 Å². The van der Waals surface area contributed by atoms with Crippen LogP contribution in [0.4, 0.5) is 5.88 Å². The molecule has 0 amide bonds. The Morgan fingerprint density at radius 2 is 2.05 bits per heavy atom. The molecule has 1 aromatic carbocycles. The molecule has 1 heterocycles. The molecule has 1 aromatic heterocycles. The summed E-state index contributed by atoms with van der Waals surface area (Å²) in [7, 11) is 2.87. The molecule has 7 heteroatoms. The lowest BCUT2D eigenvalue weighted by atomic mass is 10.0. The number of benzene rings is 1. The monoisotopic (exact) mass is 264 g/mol. The van der Waals surface area contributed by atoms with Gasteiger partial charge in [0.2, 0.25) is 5.88 Å². The van der Waals surface area contributed by atoms with E-state index < -0.39 is 5.97 Å². The average molecular weight is 264 g/mol. The van der Waals surface area contributed by atoms with E-state index >= 15 is 0 Å². The number of anilines is 1. The number of nitrogens with zero attached hydrogens (tertiary/aromatic N) is 1. The van der Waals surface area contributed by atoms with E-state index in [0.29, 0.717) is 16.9 Å². The largest absolute Gasteiger partial charge is 0.493 e. The lowest BCUT2D eigenvalue weighted by molar-refractivity contribution is 0.0696. The summed E-state index contributed by atoms with van der Waals surface area (Å²) in [6.45, 7) is 0. The number of hydrogen-bond donors (Lipinski definition) is 2. The van der Waals surface area contributed by atoms with E-state index in [1.807, 2.05) is 0 Å². The van der Waals surface area contributed by atoms with E-state index in [0.717, 1.165) is 0 Å². The second-order valence-corrected chi connectivity index (χ2v) is 3.67. The summed E-state index contributed by atoms with van der Waals surface area (Å²) < 4.78 is 15.1. The zero-order chi connectivity index (χ0) is 14.0. The molecule has 19 heavy (non-hydrogen) atoms. The molecule has 0 aliphatic rings. The molecule has 2 aromatic rings. The van der Waals surface area contributed by atoms with Crippen LogP contribution >= 0.6 is 0 Å². The van der Waals surface area contributed by atoms with Crippen LogP contribution in [-0.4, -0.2) is 30.5 Å². The van der Waals surface area contributed by atoms with E-state index in [9.17, 15) is 4.79 Å². The van der Waals surface area contributed by atoms with Gasteiger partial charge in [-0.1, -0.05) is 5.16 Å². The predicted octanol–water partition coefficient (Wildman–Crippen LogP) is 1.64. The van der Waals surface area contributed by atoms with Crippen LogP contribution in [0.5, 0.6) is 11.5 Å². The Labute approximate surface area is 108 Å². The molecule has 2 rings (SSSR count). The van der Waals surface area contributed by atoms with Crippen molar-refractivity contribution >= 4 is 11.9 Å². The minimum atomic E-state index is -1.09. The van der Waals surface area contributed by atoms with Crippen molar-refractivity contribution in [2.75, 3.05) is 20.0 Å². The van der Waals surface area contributed by atoms with Gasteiger partial charge in [-0.2, -0.15) is 0 Å². The summed E-state index contributed by atoms with van der Waals surface area (Å²) in [5.74, 6) is -0.361. The van der Waals surface area contributed by atoms with Gasteiger partial charge in [0.25, 0.3) is 0 Å². The van der Waals surface area contributed by atoms with Crippen molar-refractivity contribution in [2.24, 2.45) is 0 Å². The second kappa shape index (κ2) is 4.89. The number of methoxy groups -OCH3 is 2. The first-order valence-electron chi connectivity index (χ1n) is 5.28. The Hall–Kier alpha value is -2.70. The lowest BCUT2D eigenvalue weighted by Crippen LogP contribution is -2.01. The Morgan fingerprint density at radius 3 is 2.53 bits per heavy atom. The highest BCUT2D eigenvalue weighted by atomic mass is 16.5. The normalized spacial score (nSPS) is 10.2. The molecule has 0 bridgehead atoms. The van der Waals surface area contributed by atoms with Gasteiger partial charge in [-0.15, -0.1) is 0 Å². The van der Waals surface area contributed by atoms with Crippen LogP contribution < -0.4 is 15.2 Å². The van der Waals surface area contributed by atoms with Crippen molar-refractivity contribution in [3.63, 3.8) is 0 Å². The van der Waals surface area contributed by atoms with Crippen molar-refractivity contribution in [1.82, 2.24) is 5.16 Å². The first kappa shape index (κ1) is 12.7. The summed E-state index contributed by atoms with van der Waals surface area (Å²) in [5.41, 5.74) is 6.58. The quantitative estimate of drug-likeness (QED) is 0.864. The number of hydrogen-bond acceptors (Lipinski definition) is 6. The molecule has 0 saturated carbocycles. The summed E-state index contributed by atoms with van der Waals surface area (Å²) in [4.78, 5) is 11.1. The average Bonchev–Trinajstić information content (AvgIpc) is 2.82. The van der Waals surface area contributed by atoms with E-state index in [2.05, 4.69) is 5.16 Å². The third-order valence-electron chi connectivity index (χ3n) is 2.61. The number of nitrogen functional groups attached to an aromatic ring is 1. The van der Waals surface area contributed by atoms with E-state index in [1.165, 1.54) is 32.5 Å². The number of aromatic nitrogens is 1. The first-order chi connectivity index (χ1) is 9.08. The standard InChI is InChI=1S/C12H12N2O5/c1-17-9-4-6(12(15)16)3-7(10(9)18-2)8-5-14-19-11(8)13/h3-5H,13H2,1-2H3,(H,15,16). The second-order valence-electron chi connectivity index (χ2n) is 3.67. The molecule has 0 radical (unpaired) electrons. The molecular formula is C12H12N2O5. The van der Waals surface area contributed by atoms with Crippen LogP contribution in [0.15, 0.2) is 22.9 Å². The molecule has 100 valence electrons. The number of ether oxygens (including phenoxy) is 2. The molecule has 3 N–H and O–H groups in total. The summed E-state index contributed by atoms with van der Waals surface area (Å²) >= 11 is 0. The minimum Gasteiger partial charge on any atom is -0.493 e. The Morgan fingerprint density at radius 1 is 1.32 bits per heavy atom. The van der Waals surface area contributed by atoms with Gasteiger partial charge in [0.05, 0.1) is 31.5 Å². The zero-order valence-corrected chi connectivity index (χ0v) is 10.3.